The van der Waals surface area contributed by atoms with Gasteiger partial charge >= 0.3 is 5.97 Å². The van der Waals surface area contributed by atoms with Crippen LogP contribution < -0.4 is 0 Å². The highest BCUT2D eigenvalue weighted by Crippen LogP contribution is 2.00. The summed E-state index contributed by atoms with van der Waals surface area (Å²) in [5, 5.41) is 0. The maximum absolute atomic E-state index is 12.0. The van der Waals surface area contributed by atoms with Gasteiger partial charge in [-0.2, -0.15) is 0 Å². The van der Waals surface area contributed by atoms with Crippen LogP contribution in [0, 0.1) is 0 Å². The summed E-state index contributed by atoms with van der Waals surface area (Å²) in [5.41, 5.74) is 0. The zero-order chi connectivity index (χ0) is 17.7. The van der Waals surface area contributed by atoms with Gasteiger partial charge in [-0.3, -0.25) is 18.0 Å². The minimum Gasteiger partial charge on any atom is -0.771 e. The van der Waals surface area contributed by atoms with Crippen molar-refractivity contribution in [3.05, 3.63) is 0 Å². The average molecular weight is 373 g/mol. The van der Waals surface area contributed by atoms with Gasteiger partial charge in [-0.1, -0.05) is 0 Å². The summed E-state index contributed by atoms with van der Waals surface area (Å²) >= 11 is -4.69. The fourth-order valence-electron chi connectivity index (χ4n) is 1.43. The third-order valence-electron chi connectivity index (χ3n) is 2.49. The zero-order valence-corrected chi connectivity index (χ0v) is 14.2. The van der Waals surface area contributed by atoms with Gasteiger partial charge in [0.15, 0.2) is 0 Å². The lowest BCUT2D eigenvalue weighted by molar-refractivity contribution is -0.143. The van der Waals surface area contributed by atoms with E-state index in [4.69, 9.17) is 9.47 Å². The van der Waals surface area contributed by atoms with Gasteiger partial charge in [-0.15, -0.1) is 0 Å². The van der Waals surface area contributed by atoms with Crippen LogP contribution in [0.25, 0.3) is 0 Å². The van der Waals surface area contributed by atoms with Crippen molar-refractivity contribution < 1.29 is 41.3 Å². The van der Waals surface area contributed by atoms with Crippen molar-refractivity contribution in [3.63, 3.8) is 0 Å². The topological polar surface area (TPSA) is 145 Å². The highest BCUT2D eigenvalue weighted by atomic mass is 32.2. The maximum Gasteiger partial charge on any atom is 0.306 e. The molecular weight excluding hydrogens is 354 g/mol. The van der Waals surface area contributed by atoms with Crippen molar-refractivity contribution in [2.45, 2.75) is 12.8 Å². The van der Waals surface area contributed by atoms with Gasteiger partial charge in [-0.25, -0.2) is 0 Å². The second-order valence-electron chi connectivity index (χ2n) is 4.12. The molecule has 0 rings (SSSR count). The molecule has 0 aliphatic carbocycles. The van der Waals surface area contributed by atoms with Gasteiger partial charge in [0.2, 0.25) is 5.91 Å². The van der Waals surface area contributed by atoms with Crippen molar-refractivity contribution >= 4 is 34.0 Å². The molecule has 0 aromatic heterocycles. The maximum atomic E-state index is 12.0. The third kappa shape index (κ3) is 13.2. The second kappa shape index (κ2) is 13.5. The Morgan fingerprint density at radius 1 is 0.957 bits per heavy atom. The molecule has 136 valence electrons. The number of carbonyl (C=O) groups is 2. The van der Waals surface area contributed by atoms with E-state index in [9.17, 15) is 27.1 Å². The number of hydrogen-bond donors (Lipinski definition) is 0. The fraction of sp³-hybridized carbons (Fsp3) is 0.818. The third-order valence-corrected chi connectivity index (χ3v) is 3.21. The highest BCUT2D eigenvalue weighted by Gasteiger charge is 2.15. The highest BCUT2D eigenvalue weighted by molar-refractivity contribution is 7.79. The lowest BCUT2D eigenvalue weighted by atomic mass is 10.2. The standard InChI is InChI=1S/C11H21NO9S2/c1-19-11(14)3-2-10(13)12(4-6-20-8-22(15)16)5-7-21-9-23(17)18/h2-9H2,1H3,(H,15,16)(H,17,18)/p-2. The van der Waals surface area contributed by atoms with Crippen LogP contribution in [-0.2, 0) is 46.0 Å². The van der Waals surface area contributed by atoms with Crippen LogP contribution >= 0.6 is 0 Å². The van der Waals surface area contributed by atoms with E-state index >= 15 is 0 Å². The first-order valence-corrected chi connectivity index (χ1v) is 8.97. The quantitative estimate of drug-likeness (QED) is 0.213. The lowest BCUT2D eigenvalue weighted by Crippen LogP contribution is -2.37. The number of carbonyl (C=O) groups excluding carboxylic acids is 2. The minimum atomic E-state index is -2.34. The fourth-order valence-corrected chi connectivity index (χ4v) is 1.94. The summed E-state index contributed by atoms with van der Waals surface area (Å²) in [6, 6.07) is 0. The SMILES string of the molecule is COC(=O)CCC(=O)N(CCOCS(=O)[O-])CCOCS(=O)[O-]. The normalized spacial score (nSPS) is 13.3. The molecule has 2 unspecified atom stereocenters. The largest absolute Gasteiger partial charge is 0.771 e. The van der Waals surface area contributed by atoms with E-state index in [2.05, 4.69) is 4.74 Å². The van der Waals surface area contributed by atoms with Crippen LogP contribution in [-0.4, -0.2) is 79.6 Å². The number of esters is 1. The number of amides is 1. The van der Waals surface area contributed by atoms with Crippen molar-refractivity contribution in [1.29, 1.82) is 0 Å². The molecule has 2 atom stereocenters. The molecule has 0 heterocycles. The van der Waals surface area contributed by atoms with Crippen LogP contribution in [0.1, 0.15) is 12.8 Å². The Bertz CT molecular complexity index is 396. The Morgan fingerprint density at radius 3 is 1.83 bits per heavy atom. The van der Waals surface area contributed by atoms with E-state index in [1.54, 1.807) is 0 Å². The molecule has 23 heavy (non-hydrogen) atoms. The Kier molecular flexibility index (Phi) is 13.0. The smallest absolute Gasteiger partial charge is 0.306 e. The van der Waals surface area contributed by atoms with E-state index in [-0.39, 0.29) is 45.1 Å². The second-order valence-corrected chi connectivity index (χ2v) is 5.80. The number of ether oxygens (including phenoxy) is 3. The molecule has 0 bridgehead atoms. The molecule has 0 saturated carbocycles. The monoisotopic (exact) mass is 373 g/mol. The molecule has 12 heteroatoms. The van der Waals surface area contributed by atoms with Crippen molar-refractivity contribution in [1.82, 2.24) is 4.90 Å². The molecule has 0 saturated heterocycles. The van der Waals surface area contributed by atoms with Crippen LogP contribution in [0.4, 0.5) is 0 Å². The number of rotatable bonds is 13. The minimum absolute atomic E-state index is 0.0224. The average Bonchev–Trinajstić information content (AvgIpc) is 2.49. The molecule has 0 spiro atoms. The van der Waals surface area contributed by atoms with E-state index in [1.807, 2.05) is 0 Å². The Morgan fingerprint density at radius 2 is 1.43 bits per heavy atom. The van der Waals surface area contributed by atoms with Crippen LogP contribution in [0.5, 0.6) is 0 Å². The van der Waals surface area contributed by atoms with Gasteiger partial charge in [0.25, 0.3) is 0 Å². The Labute approximate surface area is 139 Å². The van der Waals surface area contributed by atoms with E-state index < -0.39 is 40.0 Å². The summed E-state index contributed by atoms with van der Waals surface area (Å²) in [4.78, 5) is 24.3. The van der Waals surface area contributed by atoms with Crippen molar-refractivity contribution in [3.8, 4) is 0 Å². The van der Waals surface area contributed by atoms with Crippen molar-refractivity contribution in [2.75, 3.05) is 45.3 Å². The molecular formula is C11H19NO9S2-2. The molecule has 0 aromatic carbocycles. The van der Waals surface area contributed by atoms with Crippen molar-refractivity contribution in [2.24, 2.45) is 0 Å². The van der Waals surface area contributed by atoms with Gasteiger partial charge in [0.1, 0.15) is 11.9 Å². The van der Waals surface area contributed by atoms with Gasteiger partial charge in [-0.05, 0) is 22.2 Å². The molecule has 0 aromatic rings. The van der Waals surface area contributed by atoms with Gasteiger partial charge in [0.05, 0.1) is 26.7 Å². The first-order valence-electron chi connectivity index (χ1n) is 6.48. The molecule has 1 amide bonds. The summed E-state index contributed by atoms with van der Waals surface area (Å²) in [6.45, 7) is 0.124. The van der Waals surface area contributed by atoms with Crippen LogP contribution in [0.3, 0.4) is 0 Å². The molecule has 0 aliphatic heterocycles. The first-order chi connectivity index (χ1) is 10.9. The number of methoxy groups -OCH3 is 1. The number of hydrogen-bond acceptors (Lipinski definition) is 9. The van der Waals surface area contributed by atoms with E-state index in [1.165, 1.54) is 12.0 Å². The summed E-state index contributed by atoms with van der Waals surface area (Å²) in [7, 11) is 1.21. The van der Waals surface area contributed by atoms with E-state index in [0.29, 0.717) is 0 Å². The predicted molar refractivity (Wildman–Crippen MR) is 77.3 cm³/mol. The van der Waals surface area contributed by atoms with Crippen LogP contribution in [0.15, 0.2) is 0 Å². The van der Waals surface area contributed by atoms with Gasteiger partial charge < -0.3 is 28.2 Å². The zero-order valence-electron chi connectivity index (χ0n) is 12.6. The first kappa shape index (κ1) is 22.1. The molecule has 0 N–H and O–H groups in total. The molecule has 10 nitrogen and oxygen atoms in total. The van der Waals surface area contributed by atoms with Gasteiger partial charge in [0, 0.05) is 19.5 Å². The molecule has 0 fully saturated rings. The molecule has 0 aliphatic rings. The summed E-state index contributed by atoms with van der Waals surface area (Å²) in [6.07, 6.45) is -0.184. The summed E-state index contributed by atoms with van der Waals surface area (Å²) < 4.78 is 55.4. The number of nitrogens with zero attached hydrogens (tertiary/aromatic N) is 1. The van der Waals surface area contributed by atoms with Crippen LogP contribution in [0.2, 0.25) is 0 Å². The summed E-state index contributed by atoms with van der Waals surface area (Å²) in [5.74, 6) is -1.89. The Hall–Kier alpha value is -0.920. The molecule has 0 radical (unpaired) electrons. The Balaban J connectivity index is 4.28. The predicted octanol–water partition coefficient (Wildman–Crippen LogP) is -1.53. The lowest BCUT2D eigenvalue weighted by Gasteiger charge is -2.23. The van der Waals surface area contributed by atoms with E-state index in [0.717, 1.165) is 0 Å².